The molecule has 31 heavy (non-hydrogen) atoms. The third-order valence-corrected chi connectivity index (χ3v) is 4.65. The molecule has 7 heteroatoms. The molecule has 0 atom stereocenters. The first-order chi connectivity index (χ1) is 15.0. The molecular weight excluding hydrogens is 390 g/mol. The quantitative estimate of drug-likeness (QED) is 0.294. The van der Waals surface area contributed by atoms with Gasteiger partial charge in [0.15, 0.2) is 0 Å². The monoisotopic (exact) mass is 421 g/mol. The summed E-state index contributed by atoms with van der Waals surface area (Å²) in [5, 5.41) is 14.1. The highest BCUT2D eigenvalue weighted by molar-refractivity contribution is 5.94. The van der Waals surface area contributed by atoms with Crippen molar-refractivity contribution in [3.8, 4) is 0 Å². The van der Waals surface area contributed by atoms with Gasteiger partial charge < -0.3 is 15.5 Å². The Balaban J connectivity index is 1.69. The number of azo groups is 1. The molecule has 2 aromatic rings. The molecule has 0 aliphatic carbocycles. The van der Waals surface area contributed by atoms with E-state index < -0.39 is 0 Å². The summed E-state index contributed by atoms with van der Waals surface area (Å²) in [5.41, 5.74) is 3.17. The molecule has 2 rings (SSSR count). The highest BCUT2D eigenvalue weighted by Crippen LogP contribution is 2.21. The van der Waals surface area contributed by atoms with Gasteiger partial charge in [0.1, 0.15) is 0 Å². The molecule has 0 aliphatic heterocycles. The number of carbonyl (C=O) groups is 2. The maximum atomic E-state index is 12.2. The molecule has 2 amide bonds. The first-order valence-electron chi connectivity index (χ1n) is 10.5. The van der Waals surface area contributed by atoms with Crippen LogP contribution in [-0.4, -0.2) is 39.0 Å². The third-order valence-electron chi connectivity index (χ3n) is 4.65. The molecule has 0 unspecified atom stereocenters. The second-order valence-electron chi connectivity index (χ2n) is 7.32. The van der Waals surface area contributed by atoms with E-state index in [1.54, 1.807) is 24.3 Å². The first kappa shape index (κ1) is 23.8. The highest BCUT2D eigenvalue weighted by atomic mass is 16.2. The second-order valence-corrected chi connectivity index (χ2v) is 7.32. The molecule has 7 nitrogen and oxygen atoms in total. The topological polar surface area (TPSA) is 86.2 Å². The Hall–Kier alpha value is -3.48. The lowest BCUT2D eigenvalue weighted by atomic mass is 10.1. The average Bonchev–Trinajstić information content (AvgIpc) is 2.79. The first-order valence-corrected chi connectivity index (χ1v) is 10.5. The van der Waals surface area contributed by atoms with E-state index in [0.29, 0.717) is 24.3 Å². The van der Waals surface area contributed by atoms with Crippen LogP contribution in [-0.2, 0) is 4.79 Å². The van der Waals surface area contributed by atoms with E-state index >= 15 is 0 Å². The van der Waals surface area contributed by atoms with E-state index in [1.165, 1.54) is 6.08 Å². The minimum absolute atomic E-state index is 0.0963. The van der Waals surface area contributed by atoms with E-state index in [-0.39, 0.29) is 11.8 Å². The van der Waals surface area contributed by atoms with E-state index in [2.05, 4.69) is 27.4 Å². The molecule has 0 bridgehead atoms. The Morgan fingerprint density at radius 3 is 1.87 bits per heavy atom. The van der Waals surface area contributed by atoms with Crippen molar-refractivity contribution in [1.82, 2.24) is 10.6 Å². The standard InChI is InChI=1S/C24H31N5O2/c1-4-23(30)25-17-7-5-6-8-18-26-24(31)19-9-11-20(12-10-19)27-28-21-13-15-22(16-14-21)29(2)3/h4,9-16H,1,5-8,17-18H2,2-3H3,(H,25,30)(H,26,31). The third kappa shape index (κ3) is 8.82. The lowest BCUT2D eigenvalue weighted by molar-refractivity contribution is -0.116. The molecule has 2 aromatic carbocycles. The molecule has 0 saturated carbocycles. The van der Waals surface area contributed by atoms with E-state index in [9.17, 15) is 9.59 Å². The zero-order valence-corrected chi connectivity index (χ0v) is 18.3. The van der Waals surface area contributed by atoms with Crippen molar-refractivity contribution in [1.29, 1.82) is 0 Å². The molecule has 0 aliphatic rings. The number of hydrogen-bond donors (Lipinski definition) is 2. The number of unbranched alkanes of at least 4 members (excludes halogenated alkanes) is 3. The maximum Gasteiger partial charge on any atom is 0.251 e. The molecule has 2 N–H and O–H groups in total. The second kappa shape index (κ2) is 13.0. The van der Waals surface area contributed by atoms with Gasteiger partial charge in [-0.05, 0) is 67.4 Å². The fourth-order valence-electron chi connectivity index (χ4n) is 2.80. The van der Waals surface area contributed by atoms with Crippen molar-refractivity contribution in [3.05, 3.63) is 66.7 Å². The smallest absolute Gasteiger partial charge is 0.251 e. The van der Waals surface area contributed by atoms with Crippen LogP contribution < -0.4 is 15.5 Å². The number of anilines is 1. The molecular formula is C24H31N5O2. The zero-order valence-electron chi connectivity index (χ0n) is 18.3. The van der Waals surface area contributed by atoms with Crippen LogP contribution in [0.1, 0.15) is 36.0 Å². The van der Waals surface area contributed by atoms with E-state index in [4.69, 9.17) is 0 Å². The van der Waals surface area contributed by atoms with E-state index in [0.717, 1.165) is 37.1 Å². The van der Waals surface area contributed by atoms with Crippen LogP contribution in [0.5, 0.6) is 0 Å². The SMILES string of the molecule is C=CC(=O)NCCCCCCNC(=O)c1ccc(N=Nc2ccc(N(C)C)cc2)cc1. The van der Waals surface area contributed by atoms with Gasteiger partial charge in [0.05, 0.1) is 11.4 Å². The Morgan fingerprint density at radius 1 is 0.839 bits per heavy atom. The summed E-state index contributed by atoms with van der Waals surface area (Å²) in [6.07, 6.45) is 5.10. The van der Waals surface area contributed by atoms with Crippen molar-refractivity contribution in [2.45, 2.75) is 25.7 Å². The van der Waals surface area contributed by atoms with Crippen LogP contribution in [0.25, 0.3) is 0 Å². The number of carbonyl (C=O) groups excluding carboxylic acids is 2. The van der Waals surface area contributed by atoms with Crippen molar-refractivity contribution in [2.24, 2.45) is 10.2 Å². The summed E-state index contributed by atoms with van der Waals surface area (Å²) in [6, 6.07) is 14.9. The summed E-state index contributed by atoms with van der Waals surface area (Å²) < 4.78 is 0. The summed E-state index contributed by atoms with van der Waals surface area (Å²) >= 11 is 0. The minimum Gasteiger partial charge on any atom is -0.378 e. The van der Waals surface area contributed by atoms with Crippen molar-refractivity contribution in [3.63, 3.8) is 0 Å². The Bertz CT molecular complexity index is 874. The molecule has 0 heterocycles. The minimum atomic E-state index is -0.140. The number of amides is 2. The summed E-state index contributed by atoms with van der Waals surface area (Å²) in [4.78, 5) is 25.3. The van der Waals surface area contributed by atoms with Crippen LogP contribution >= 0.6 is 0 Å². The van der Waals surface area contributed by atoms with Gasteiger partial charge in [-0.15, -0.1) is 0 Å². The molecule has 0 aromatic heterocycles. The highest BCUT2D eigenvalue weighted by Gasteiger charge is 2.04. The van der Waals surface area contributed by atoms with Gasteiger partial charge >= 0.3 is 0 Å². The van der Waals surface area contributed by atoms with Crippen LogP contribution in [0.3, 0.4) is 0 Å². The van der Waals surface area contributed by atoms with Gasteiger partial charge in [-0.25, -0.2) is 0 Å². The molecule has 0 spiro atoms. The van der Waals surface area contributed by atoms with Gasteiger partial charge in [0, 0.05) is 38.4 Å². The summed E-state index contributed by atoms with van der Waals surface area (Å²) in [6.45, 7) is 4.69. The van der Waals surface area contributed by atoms with Crippen LogP contribution in [0.4, 0.5) is 17.1 Å². The normalized spacial score (nSPS) is 10.6. The summed E-state index contributed by atoms with van der Waals surface area (Å²) in [7, 11) is 3.98. The predicted octanol–water partition coefficient (Wildman–Crippen LogP) is 4.76. The van der Waals surface area contributed by atoms with Crippen molar-refractivity contribution < 1.29 is 9.59 Å². The Morgan fingerprint density at radius 2 is 1.35 bits per heavy atom. The Labute approximate surface area is 184 Å². The largest absolute Gasteiger partial charge is 0.378 e. The number of benzene rings is 2. The van der Waals surface area contributed by atoms with Crippen molar-refractivity contribution in [2.75, 3.05) is 32.1 Å². The maximum absolute atomic E-state index is 12.2. The zero-order chi connectivity index (χ0) is 22.5. The van der Waals surface area contributed by atoms with E-state index in [1.807, 2.05) is 43.3 Å². The molecule has 0 saturated heterocycles. The van der Waals surface area contributed by atoms with Gasteiger partial charge in [0.2, 0.25) is 5.91 Å². The van der Waals surface area contributed by atoms with Gasteiger partial charge in [-0.2, -0.15) is 10.2 Å². The van der Waals surface area contributed by atoms with Gasteiger partial charge in [0.25, 0.3) is 5.91 Å². The number of rotatable bonds is 12. The predicted molar refractivity (Wildman–Crippen MR) is 125 cm³/mol. The van der Waals surface area contributed by atoms with Crippen LogP contribution in [0, 0.1) is 0 Å². The lowest BCUT2D eigenvalue weighted by Crippen LogP contribution is -2.24. The fraction of sp³-hybridized carbons (Fsp3) is 0.333. The van der Waals surface area contributed by atoms with Crippen LogP contribution in [0.15, 0.2) is 71.4 Å². The summed E-state index contributed by atoms with van der Waals surface area (Å²) in [5.74, 6) is -0.237. The van der Waals surface area contributed by atoms with Crippen molar-refractivity contribution >= 4 is 28.9 Å². The van der Waals surface area contributed by atoms with Crippen LogP contribution in [0.2, 0.25) is 0 Å². The average molecular weight is 422 g/mol. The molecule has 0 fully saturated rings. The van der Waals surface area contributed by atoms with Gasteiger partial charge in [-0.1, -0.05) is 19.4 Å². The fourth-order valence-corrected chi connectivity index (χ4v) is 2.80. The van der Waals surface area contributed by atoms with Gasteiger partial charge in [-0.3, -0.25) is 9.59 Å². The number of nitrogens with one attached hydrogen (secondary N) is 2. The number of nitrogens with zero attached hydrogens (tertiary/aromatic N) is 3. The molecule has 164 valence electrons. The molecule has 0 radical (unpaired) electrons. The number of hydrogen-bond acceptors (Lipinski definition) is 5. The Kier molecular flexibility index (Phi) is 9.94. The lowest BCUT2D eigenvalue weighted by Gasteiger charge is -2.11.